The van der Waals surface area contributed by atoms with Gasteiger partial charge in [-0.1, -0.05) is 21.8 Å². The third-order valence-electron chi connectivity index (χ3n) is 9.42. The summed E-state index contributed by atoms with van der Waals surface area (Å²) in [7, 11) is 1.12. The van der Waals surface area contributed by atoms with Crippen LogP contribution in [0.4, 0.5) is 0 Å². The molecule has 3 saturated heterocycles. The number of rotatable bonds is 12. The lowest BCUT2D eigenvalue weighted by molar-refractivity contribution is -0.398. The maximum Gasteiger partial charge on any atom is 0.187 e. The first-order chi connectivity index (χ1) is 23.9. The van der Waals surface area contributed by atoms with Gasteiger partial charge in [0.15, 0.2) is 18.9 Å². The van der Waals surface area contributed by atoms with Crippen LogP contribution in [0.25, 0.3) is 0 Å². The standard InChI is InChI=1S/C28H42O23.2CH4/c1-3-5-8(29)13(34)26(47-17(5)23(39)40)48-18-12(33)15(36)28(51-21(18)25(43)44)49-19-11(32)14(35)27(50-20(19)24(41)42)46-16-6(22(37)38)4-7(45-2)9(30)10(16)31;;/h5-21,26-36H,3-4H2,1-2H3,(H,37,38)(H,39,40)(H,41,42)(H,43,44);2*1H4/p-4/t5-,6+,7+,8+,9?,10?,11+,12?,13?,14?,15?,16+,17?,18-,19-,20?,21?,26-,27+,28+;;/m0../s1. The van der Waals surface area contributed by atoms with Crippen LogP contribution in [-0.4, -0.2) is 182 Å². The summed E-state index contributed by atoms with van der Waals surface area (Å²) in [5.41, 5.74) is 0. The normalized spacial score (nSPS) is 45.9. The van der Waals surface area contributed by atoms with E-state index in [1.54, 1.807) is 0 Å². The molecule has 0 aromatic heterocycles. The summed E-state index contributed by atoms with van der Waals surface area (Å²) in [6.07, 6.45) is -39.1. The van der Waals surface area contributed by atoms with Crippen molar-refractivity contribution < 1.29 is 114 Å². The summed E-state index contributed by atoms with van der Waals surface area (Å²) in [6.45, 7) is 1.46. The Morgan fingerprint density at radius 2 is 0.906 bits per heavy atom. The number of hydrogen-bond donors (Lipinski definition) is 8. The van der Waals surface area contributed by atoms with Crippen LogP contribution >= 0.6 is 0 Å². The number of hydrogen-bond acceptors (Lipinski definition) is 23. The fraction of sp³-hybridized carbons (Fsp3) is 0.867. The Morgan fingerprint density at radius 3 is 1.26 bits per heavy atom. The highest BCUT2D eigenvalue weighted by molar-refractivity contribution is 5.72. The molecule has 308 valence electrons. The van der Waals surface area contributed by atoms with Crippen LogP contribution in [0.5, 0.6) is 0 Å². The summed E-state index contributed by atoms with van der Waals surface area (Å²) in [4.78, 5) is 47.5. The van der Waals surface area contributed by atoms with Crippen molar-refractivity contribution in [2.75, 3.05) is 7.11 Å². The molecule has 8 N–H and O–H groups in total. The maximum atomic E-state index is 12.1. The molecule has 0 bridgehead atoms. The van der Waals surface area contributed by atoms with Crippen molar-refractivity contribution in [3.05, 3.63) is 0 Å². The summed E-state index contributed by atoms with van der Waals surface area (Å²) >= 11 is 0. The molecule has 0 amide bonds. The van der Waals surface area contributed by atoms with Crippen LogP contribution in [-0.2, 0) is 52.3 Å². The van der Waals surface area contributed by atoms with E-state index < -0.39 is 153 Å². The van der Waals surface area contributed by atoms with Gasteiger partial charge in [-0.15, -0.1) is 0 Å². The van der Waals surface area contributed by atoms with Crippen molar-refractivity contribution in [2.45, 2.75) is 145 Å². The van der Waals surface area contributed by atoms with Gasteiger partial charge in [0, 0.05) is 24.9 Å². The Morgan fingerprint density at radius 1 is 0.547 bits per heavy atom. The number of aliphatic hydroxyl groups is 8. The van der Waals surface area contributed by atoms with Gasteiger partial charge in [0.05, 0.1) is 36.2 Å². The lowest BCUT2D eigenvalue weighted by Crippen LogP contribution is -2.69. The second-order valence-electron chi connectivity index (χ2n) is 12.5. The van der Waals surface area contributed by atoms with Crippen molar-refractivity contribution in [2.24, 2.45) is 11.8 Å². The highest BCUT2D eigenvalue weighted by atomic mass is 16.8. The number of carbonyl (C=O) groups is 4. The van der Waals surface area contributed by atoms with Crippen LogP contribution in [0.3, 0.4) is 0 Å². The van der Waals surface area contributed by atoms with E-state index in [2.05, 4.69) is 0 Å². The fourth-order valence-electron chi connectivity index (χ4n) is 6.58. The molecule has 23 nitrogen and oxygen atoms in total. The third kappa shape index (κ3) is 9.22. The zero-order valence-corrected chi connectivity index (χ0v) is 26.7. The van der Waals surface area contributed by atoms with Gasteiger partial charge in [-0.25, -0.2) is 0 Å². The molecular formula is C30H46O23-4. The van der Waals surface area contributed by atoms with E-state index >= 15 is 0 Å². The quantitative estimate of drug-likeness (QED) is 0.0912. The summed E-state index contributed by atoms with van der Waals surface area (Å²) in [5, 5.41) is 132. The highest BCUT2D eigenvalue weighted by Gasteiger charge is 2.55. The van der Waals surface area contributed by atoms with Gasteiger partial charge in [-0.2, -0.15) is 0 Å². The summed E-state index contributed by atoms with van der Waals surface area (Å²) < 4.78 is 36.2. The van der Waals surface area contributed by atoms with Gasteiger partial charge in [0.1, 0.15) is 73.2 Å². The Balaban J connectivity index is 0.00000486. The minimum absolute atomic E-state index is 0. The number of aliphatic carboxylic acids is 4. The molecular weight excluding hydrogens is 728 g/mol. The van der Waals surface area contributed by atoms with Crippen LogP contribution in [0.2, 0.25) is 0 Å². The van der Waals surface area contributed by atoms with E-state index in [1.807, 2.05) is 0 Å². The van der Waals surface area contributed by atoms with Gasteiger partial charge < -0.3 is 114 Å². The van der Waals surface area contributed by atoms with Gasteiger partial charge >= 0.3 is 0 Å². The van der Waals surface area contributed by atoms with Crippen molar-refractivity contribution in [1.29, 1.82) is 0 Å². The third-order valence-corrected chi connectivity index (χ3v) is 9.42. The molecule has 4 fully saturated rings. The number of carboxylic acid groups (broad SMARTS) is 4. The molecule has 23 heteroatoms. The van der Waals surface area contributed by atoms with Gasteiger partial charge in [0.2, 0.25) is 0 Å². The molecule has 53 heavy (non-hydrogen) atoms. The second-order valence-corrected chi connectivity index (χ2v) is 12.5. The molecule has 1 saturated carbocycles. The minimum atomic E-state index is -2.49. The SMILES string of the molecule is C.C.CC[C@@H]1C(C(=O)[O-])O[C@@H](O[C@@H]2C(C(=O)[O-])O[C@@H](O[C@@H]3C(C(=O)[O-])O[C@@H](O[C@H]4C(O)C(O)[C@H](OC)C[C@H]4C(=O)[O-])C(O)[C@H]3O)C(O)C2O)C(O)[C@@H]1O. The number of aliphatic hydroxyl groups excluding tert-OH is 8. The number of carboxylic acids is 4. The first-order valence-electron chi connectivity index (χ1n) is 15.6. The Hall–Kier alpha value is -2.72. The Kier molecular flexibility index (Phi) is 16.4. The Bertz CT molecular complexity index is 1250. The molecule has 4 aliphatic rings. The monoisotopic (exact) mass is 774 g/mol. The Labute approximate surface area is 301 Å². The molecule has 0 spiro atoms. The molecule has 3 heterocycles. The van der Waals surface area contributed by atoms with E-state index in [9.17, 15) is 80.5 Å². The highest BCUT2D eigenvalue weighted by Crippen LogP contribution is 2.36. The molecule has 0 aromatic carbocycles. The molecule has 20 atom stereocenters. The predicted molar refractivity (Wildman–Crippen MR) is 155 cm³/mol. The first kappa shape index (κ1) is 46.4. The maximum absolute atomic E-state index is 12.1. The minimum Gasteiger partial charge on any atom is -0.550 e. The molecule has 0 aromatic rings. The fourth-order valence-corrected chi connectivity index (χ4v) is 6.58. The summed E-state index contributed by atoms with van der Waals surface area (Å²) in [6, 6.07) is 0. The predicted octanol–water partition coefficient (Wildman–Crippen LogP) is -10.5. The van der Waals surface area contributed by atoms with Gasteiger partial charge in [-0.3, -0.25) is 0 Å². The van der Waals surface area contributed by atoms with Crippen LogP contribution in [0, 0.1) is 11.8 Å². The van der Waals surface area contributed by atoms with Gasteiger partial charge in [-0.05, 0) is 12.8 Å². The van der Waals surface area contributed by atoms with Crippen molar-refractivity contribution in [3.8, 4) is 0 Å². The molecule has 9 unspecified atom stereocenters. The number of methoxy groups -OCH3 is 1. The van der Waals surface area contributed by atoms with E-state index in [4.69, 9.17) is 33.2 Å². The van der Waals surface area contributed by atoms with Crippen molar-refractivity contribution >= 4 is 23.9 Å². The number of carbonyl (C=O) groups excluding carboxylic acids is 4. The van der Waals surface area contributed by atoms with Crippen LogP contribution in [0.1, 0.15) is 34.6 Å². The van der Waals surface area contributed by atoms with Crippen molar-refractivity contribution in [1.82, 2.24) is 0 Å². The van der Waals surface area contributed by atoms with E-state index in [0.717, 1.165) is 7.11 Å². The molecule has 0 radical (unpaired) electrons. The van der Waals surface area contributed by atoms with Crippen molar-refractivity contribution in [3.63, 3.8) is 0 Å². The smallest absolute Gasteiger partial charge is 0.187 e. The lowest BCUT2D eigenvalue weighted by atomic mass is 9.80. The molecule has 4 rings (SSSR count). The first-order valence-corrected chi connectivity index (χ1v) is 15.6. The average Bonchev–Trinajstić information content (AvgIpc) is 3.07. The number of ether oxygens (including phenoxy) is 7. The molecule has 1 aliphatic carbocycles. The van der Waals surface area contributed by atoms with E-state index in [1.165, 1.54) is 6.92 Å². The largest absolute Gasteiger partial charge is 0.550 e. The van der Waals surface area contributed by atoms with E-state index in [-0.39, 0.29) is 21.3 Å². The zero-order valence-electron chi connectivity index (χ0n) is 26.7. The zero-order chi connectivity index (χ0) is 38.2. The summed E-state index contributed by atoms with van der Waals surface area (Å²) in [5.74, 6) is -10.9. The topological polar surface area (TPSA) is 387 Å². The second kappa shape index (κ2) is 18.7. The van der Waals surface area contributed by atoms with E-state index in [0.29, 0.717) is 0 Å². The van der Waals surface area contributed by atoms with Gasteiger partial charge in [0.25, 0.3) is 0 Å². The molecule has 3 aliphatic heterocycles. The van der Waals surface area contributed by atoms with Crippen LogP contribution in [0.15, 0.2) is 0 Å². The lowest BCUT2D eigenvalue weighted by Gasteiger charge is -2.50. The van der Waals surface area contributed by atoms with Crippen LogP contribution < -0.4 is 20.4 Å². The average molecular weight is 775 g/mol.